The normalized spacial score (nSPS) is 25.8. The lowest BCUT2D eigenvalue weighted by Gasteiger charge is -2.47. The second kappa shape index (κ2) is 32.2. The number of aliphatic hydroxyl groups excluding tert-OH is 4. The molecule has 0 aromatic carbocycles. The minimum Gasteiger partial charge on any atom is -0.481 e. The number of carboxylic acid groups (broad SMARTS) is 2. The fourth-order valence-electron chi connectivity index (χ4n) is 7.38. The largest absolute Gasteiger partial charge is 0.481 e. The molecular formula is C44H74O19. The van der Waals surface area contributed by atoms with Gasteiger partial charge in [-0.25, -0.2) is 0 Å². The fourth-order valence-corrected chi connectivity index (χ4v) is 7.38. The quantitative estimate of drug-likeness (QED) is 0.0297. The summed E-state index contributed by atoms with van der Waals surface area (Å²) in [6, 6.07) is 0. The van der Waals surface area contributed by atoms with E-state index in [1.54, 1.807) is 0 Å². The third-order valence-electron chi connectivity index (χ3n) is 11.0. The molecular weight excluding hydrogens is 832 g/mol. The molecule has 0 saturated carbocycles. The van der Waals surface area contributed by atoms with Crippen LogP contribution < -0.4 is 0 Å². The number of hydrogen-bond donors (Lipinski definition) is 6. The van der Waals surface area contributed by atoms with Crippen molar-refractivity contribution in [1.82, 2.24) is 0 Å². The first-order valence-corrected chi connectivity index (χ1v) is 23.0. The van der Waals surface area contributed by atoms with E-state index in [0.29, 0.717) is 19.3 Å². The van der Waals surface area contributed by atoms with Crippen LogP contribution in [0.15, 0.2) is 0 Å². The molecule has 2 rings (SSSR count). The van der Waals surface area contributed by atoms with Gasteiger partial charge >= 0.3 is 35.8 Å². The van der Waals surface area contributed by atoms with Gasteiger partial charge in [-0.1, -0.05) is 117 Å². The summed E-state index contributed by atoms with van der Waals surface area (Å²) in [5.74, 6) is -6.47. The number of esters is 4. The van der Waals surface area contributed by atoms with Crippen LogP contribution in [0, 0.1) is 0 Å². The predicted molar refractivity (Wildman–Crippen MR) is 222 cm³/mol. The van der Waals surface area contributed by atoms with Gasteiger partial charge in [-0.05, 0) is 12.8 Å². The summed E-state index contributed by atoms with van der Waals surface area (Å²) in [6.07, 6.45) is -3.21. The van der Waals surface area contributed by atoms with Gasteiger partial charge in [0.25, 0.3) is 0 Å². The van der Waals surface area contributed by atoms with E-state index in [1.165, 1.54) is 19.3 Å². The molecule has 0 amide bonds. The van der Waals surface area contributed by atoms with Gasteiger partial charge < -0.3 is 63.8 Å². The van der Waals surface area contributed by atoms with Gasteiger partial charge in [-0.15, -0.1) is 0 Å². The zero-order valence-electron chi connectivity index (χ0n) is 37.1. The summed E-state index contributed by atoms with van der Waals surface area (Å²) in [7, 11) is 0. The lowest BCUT2D eigenvalue weighted by molar-refractivity contribution is -0.377. The number of unbranched alkanes of at least 4 members (excludes halogenated alkanes) is 16. The van der Waals surface area contributed by atoms with Crippen LogP contribution in [0.5, 0.6) is 0 Å². The van der Waals surface area contributed by atoms with Gasteiger partial charge in [0.1, 0.15) is 24.4 Å². The summed E-state index contributed by atoms with van der Waals surface area (Å²) < 4.78 is 40.3. The van der Waals surface area contributed by atoms with Crippen molar-refractivity contribution in [3.8, 4) is 0 Å². The van der Waals surface area contributed by atoms with E-state index in [1.807, 2.05) is 0 Å². The molecule has 19 heteroatoms. The summed E-state index contributed by atoms with van der Waals surface area (Å²) in [5, 5.41) is 60.4. The molecule has 0 bridgehead atoms. The van der Waals surface area contributed by atoms with Gasteiger partial charge in [0.2, 0.25) is 12.6 Å². The Morgan fingerprint density at radius 2 is 0.762 bits per heavy atom. The monoisotopic (exact) mass is 906 g/mol. The molecule has 2 saturated heterocycles. The van der Waals surface area contributed by atoms with Crippen LogP contribution >= 0.6 is 0 Å². The smallest absolute Gasteiger partial charge is 0.306 e. The van der Waals surface area contributed by atoms with Gasteiger partial charge in [0.15, 0.2) is 24.4 Å². The van der Waals surface area contributed by atoms with Crippen molar-refractivity contribution in [3.63, 3.8) is 0 Å². The molecule has 0 spiro atoms. The average Bonchev–Trinajstić information content (AvgIpc) is 3.25. The number of carboxylic acids is 2. The molecule has 2 heterocycles. The maximum absolute atomic E-state index is 13.5. The molecule has 19 nitrogen and oxygen atoms in total. The third kappa shape index (κ3) is 21.9. The predicted octanol–water partition coefficient (Wildman–Crippen LogP) is 4.38. The molecule has 364 valence electrons. The number of ether oxygens (including phenoxy) is 7. The zero-order valence-corrected chi connectivity index (χ0v) is 37.1. The van der Waals surface area contributed by atoms with Crippen LogP contribution in [0.3, 0.4) is 0 Å². The number of carbonyl (C=O) groups is 6. The summed E-state index contributed by atoms with van der Waals surface area (Å²) in [6.45, 7) is 2.54. The molecule has 2 aliphatic rings. The van der Waals surface area contributed by atoms with Crippen LogP contribution in [0.25, 0.3) is 0 Å². The van der Waals surface area contributed by atoms with Gasteiger partial charge in [0, 0.05) is 12.8 Å². The lowest BCUT2D eigenvalue weighted by Crippen LogP contribution is -2.66. The second-order valence-corrected chi connectivity index (χ2v) is 16.3. The SMILES string of the molecule is CCCCCCCCCCCC(=O)O[C@@H]1[C@@H](OC(=O)CCC(=O)O)[C@H](O[C@H]2O[C@H](CO)[C@@H](O)[C@H](O)[C@H]2OC(=O)CCC(=O)O)O[C@H](CO)[C@H]1OC(=O)CCCCCCCCCCC. The molecule has 0 unspecified atom stereocenters. The van der Waals surface area contributed by atoms with Crippen molar-refractivity contribution in [2.24, 2.45) is 0 Å². The molecule has 2 aliphatic heterocycles. The molecule has 0 aromatic heterocycles. The van der Waals surface area contributed by atoms with Crippen molar-refractivity contribution >= 4 is 35.8 Å². The zero-order chi connectivity index (χ0) is 46.6. The van der Waals surface area contributed by atoms with Crippen LogP contribution in [0.4, 0.5) is 0 Å². The number of rotatable bonds is 34. The molecule has 0 radical (unpaired) electrons. The highest BCUT2D eigenvalue weighted by Gasteiger charge is 2.56. The minimum atomic E-state index is -2.00. The second-order valence-electron chi connectivity index (χ2n) is 16.3. The third-order valence-corrected chi connectivity index (χ3v) is 11.0. The average molecular weight is 907 g/mol. The number of aliphatic hydroxyl groups is 4. The van der Waals surface area contributed by atoms with E-state index in [4.69, 9.17) is 38.3 Å². The van der Waals surface area contributed by atoms with Crippen LogP contribution in [0.1, 0.15) is 168 Å². The van der Waals surface area contributed by atoms with Crippen LogP contribution in [-0.2, 0) is 61.9 Å². The highest BCUT2D eigenvalue weighted by atomic mass is 16.8. The topological polar surface area (TPSA) is 288 Å². The van der Waals surface area contributed by atoms with E-state index in [2.05, 4.69) is 13.8 Å². The van der Waals surface area contributed by atoms with E-state index in [9.17, 15) is 54.3 Å². The summed E-state index contributed by atoms with van der Waals surface area (Å²) >= 11 is 0. The van der Waals surface area contributed by atoms with Crippen molar-refractivity contribution in [2.75, 3.05) is 13.2 Å². The van der Waals surface area contributed by atoms with Gasteiger partial charge in [-0.2, -0.15) is 0 Å². The number of carbonyl (C=O) groups excluding carboxylic acids is 4. The van der Waals surface area contributed by atoms with Crippen molar-refractivity contribution in [2.45, 2.75) is 229 Å². The van der Waals surface area contributed by atoms with E-state index in [0.717, 1.165) is 77.0 Å². The number of aliphatic carboxylic acids is 2. The Morgan fingerprint density at radius 1 is 0.413 bits per heavy atom. The molecule has 63 heavy (non-hydrogen) atoms. The first kappa shape index (κ1) is 55.7. The highest BCUT2D eigenvalue weighted by Crippen LogP contribution is 2.34. The van der Waals surface area contributed by atoms with Crippen LogP contribution in [0.2, 0.25) is 0 Å². The number of hydrogen-bond acceptors (Lipinski definition) is 17. The minimum absolute atomic E-state index is 0.0415. The molecule has 0 aromatic rings. The van der Waals surface area contributed by atoms with Crippen molar-refractivity contribution in [3.05, 3.63) is 0 Å². The van der Waals surface area contributed by atoms with E-state index in [-0.39, 0.29) is 12.8 Å². The van der Waals surface area contributed by atoms with E-state index >= 15 is 0 Å². The van der Waals surface area contributed by atoms with Crippen LogP contribution in [-0.4, -0.2) is 141 Å². The van der Waals surface area contributed by atoms with Gasteiger partial charge in [-0.3, -0.25) is 28.8 Å². The standard InChI is InChI=1S/C44H74O19/c1-3-5-7-9-11-13-15-17-19-21-33(51)59-39-30(28-46)58-44(63-43-40(60-35(53)25-23-31(47)48)38(56)37(55)29(27-45)57-43)42(62-36(54)26-24-32(49)50)41(39)61-34(52)22-20-18-16-14-12-10-8-6-4-2/h29-30,37-46,55-56H,3-28H2,1-2H3,(H,47,48)(H,49,50)/t29-,30-,37-,38+,39-,40-,41+,42-,43-,44+/m1/s1. The fraction of sp³-hybridized carbons (Fsp3) is 0.864. The van der Waals surface area contributed by atoms with Crippen molar-refractivity contribution in [1.29, 1.82) is 0 Å². The Kier molecular flexibility index (Phi) is 28.5. The molecule has 6 N–H and O–H groups in total. The first-order valence-electron chi connectivity index (χ1n) is 23.0. The van der Waals surface area contributed by atoms with Crippen molar-refractivity contribution < 1.29 is 92.6 Å². The van der Waals surface area contributed by atoms with Gasteiger partial charge in [0.05, 0.1) is 38.9 Å². The highest BCUT2D eigenvalue weighted by molar-refractivity contribution is 5.77. The van der Waals surface area contributed by atoms with E-state index < -0.39 is 136 Å². The Labute approximate surface area is 370 Å². The first-order chi connectivity index (χ1) is 30.3. The Balaban J connectivity index is 2.42. The lowest BCUT2D eigenvalue weighted by atomic mass is 9.97. The molecule has 0 aliphatic carbocycles. The molecule has 2 fully saturated rings. The Morgan fingerprint density at radius 3 is 1.19 bits per heavy atom. The maximum atomic E-state index is 13.5. The maximum Gasteiger partial charge on any atom is 0.306 e. The Hall–Kier alpha value is -3.46. The summed E-state index contributed by atoms with van der Waals surface area (Å²) in [4.78, 5) is 75.2. The Bertz CT molecular complexity index is 1340. The summed E-state index contributed by atoms with van der Waals surface area (Å²) in [5.41, 5.74) is 0. The molecule has 10 atom stereocenters.